The lowest BCUT2D eigenvalue weighted by Crippen LogP contribution is -2.41. The Bertz CT molecular complexity index is 482. The third-order valence-electron chi connectivity index (χ3n) is 4.50. The van der Waals surface area contributed by atoms with Gasteiger partial charge in [0, 0.05) is 31.3 Å². The van der Waals surface area contributed by atoms with E-state index in [1.807, 2.05) is 0 Å². The van der Waals surface area contributed by atoms with Crippen molar-refractivity contribution in [1.29, 1.82) is 5.26 Å². The van der Waals surface area contributed by atoms with Crippen molar-refractivity contribution in [3.05, 3.63) is 23.9 Å². The van der Waals surface area contributed by atoms with Crippen molar-refractivity contribution in [2.24, 2.45) is 17.8 Å². The summed E-state index contributed by atoms with van der Waals surface area (Å²) in [4.78, 5) is 6.61. The van der Waals surface area contributed by atoms with Gasteiger partial charge in [0.05, 0.1) is 18.2 Å². The van der Waals surface area contributed by atoms with Crippen molar-refractivity contribution in [2.45, 2.75) is 12.8 Å². The fourth-order valence-electron chi connectivity index (χ4n) is 3.58. The average molecular weight is 257 g/mol. The van der Waals surface area contributed by atoms with Gasteiger partial charge in [0.1, 0.15) is 0 Å². The summed E-state index contributed by atoms with van der Waals surface area (Å²) >= 11 is 0. The molecule has 2 atom stereocenters. The molecule has 2 aliphatic rings. The van der Waals surface area contributed by atoms with E-state index in [1.165, 1.54) is 25.9 Å². The molecule has 100 valence electrons. The van der Waals surface area contributed by atoms with Gasteiger partial charge in [-0.1, -0.05) is 0 Å². The smallest absolute Gasteiger partial charge is 0.214 e. The van der Waals surface area contributed by atoms with E-state index in [1.54, 1.807) is 18.3 Å². The zero-order valence-electron chi connectivity index (χ0n) is 11.2. The van der Waals surface area contributed by atoms with Gasteiger partial charge in [0.2, 0.25) is 5.88 Å². The molecule has 1 saturated heterocycles. The number of fused-ring (bicyclic) bond motifs is 2. The van der Waals surface area contributed by atoms with Crippen molar-refractivity contribution < 1.29 is 4.74 Å². The summed E-state index contributed by atoms with van der Waals surface area (Å²) < 4.78 is 5.82. The Morgan fingerprint density at radius 1 is 1.42 bits per heavy atom. The Kier molecular flexibility index (Phi) is 3.39. The Morgan fingerprint density at radius 3 is 2.84 bits per heavy atom. The molecule has 0 amide bonds. The van der Waals surface area contributed by atoms with Gasteiger partial charge >= 0.3 is 0 Å². The Balaban J connectivity index is 1.62. The van der Waals surface area contributed by atoms with E-state index in [0.717, 1.165) is 18.4 Å². The molecule has 2 fully saturated rings. The number of rotatable bonds is 3. The van der Waals surface area contributed by atoms with Gasteiger partial charge in [0.15, 0.2) is 0 Å². The summed E-state index contributed by atoms with van der Waals surface area (Å²) in [5.41, 5.74) is 0.608. The molecular weight excluding hydrogens is 238 g/mol. The molecule has 4 nitrogen and oxygen atoms in total. The minimum absolute atomic E-state index is 0.581. The molecule has 4 heteroatoms. The number of nitrogens with zero attached hydrogens (tertiary/aromatic N) is 3. The molecule has 0 spiro atoms. The third-order valence-corrected chi connectivity index (χ3v) is 4.50. The van der Waals surface area contributed by atoms with E-state index < -0.39 is 0 Å². The first-order valence-corrected chi connectivity index (χ1v) is 6.94. The molecular formula is C15H19N3O. The zero-order valence-corrected chi connectivity index (χ0v) is 11.2. The first-order valence-electron chi connectivity index (χ1n) is 6.94. The van der Waals surface area contributed by atoms with Gasteiger partial charge in [-0.05, 0) is 37.8 Å². The molecule has 0 aromatic carbocycles. The number of hydrogen-bond acceptors (Lipinski definition) is 4. The van der Waals surface area contributed by atoms with Crippen molar-refractivity contribution in [1.82, 2.24) is 9.88 Å². The molecule has 1 saturated carbocycles. The van der Waals surface area contributed by atoms with E-state index in [2.05, 4.69) is 23.0 Å². The van der Waals surface area contributed by atoms with Crippen LogP contribution >= 0.6 is 0 Å². The van der Waals surface area contributed by atoms with E-state index in [4.69, 9.17) is 10.00 Å². The van der Waals surface area contributed by atoms with Crippen LogP contribution in [0.3, 0.4) is 0 Å². The quantitative estimate of drug-likeness (QED) is 0.830. The maximum Gasteiger partial charge on any atom is 0.214 e. The lowest BCUT2D eigenvalue weighted by atomic mass is 9.86. The first kappa shape index (κ1) is 12.4. The number of likely N-dealkylation sites (tertiary alicyclic amines) is 1. The Morgan fingerprint density at radius 2 is 2.16 bits per heavy atom. The van der Waals surface area contributed by atoms with Crippen molar-refractivity contribution in [3.8, 4) is 11.9 Å². The minimum atomic E-state index is 0.581. The highest BCUT2D eigenvalue weighted by molar-refractivity contribution is 5.31. The number of piperidine rings is 1. The van der Waals surface area contributed by atoms with Gasteiger partial charge in [-0.3, -0.25) is 0 Å². The number of hydrogen-bond donors (Lipinski definition) is 0. The predicted octanol–water partition coefficient (Wildman–Crippen LogP) is 1.92. The molecule has 1 aromatic heterocycles. The van der Waals surface area contributed by atoms with Crippen LogP contribution in [0.1, 0.15) is 18.4 Å². The Hall–Kier alpha value is -1.60. The van der Waals surface area contributed by atoms with Crippen LogP contribution in [0, 0.1) is 29.1 Å². The number of aromatic nitrogens is 1. The van der Waals surface area contributed by atoms with Crippen LogP contribution in [0.5, 0.6) is 5.88 Å². The van der Waals surface area contributed by atoms with Gasteiger partial charge in [-0.15, -0.1) is 0 Å². The minimum Gasteiger partial charge on any atom is -0.477 e. The van der Waals surface area contributed by atoms with Crippen LogP contribution in [0.4, 0.5) is 0 Å². The summed E-state index contributed by atoms with van der Waals surface area (Å²) in [6.45, 7) is 3.12. The van der Waals surface area contributed by atoms with Crippen molar-refractivity contribution in [2.75, 3.05) is 26.7 Å². The van der Waals surface area contributed by atoms with E-state index in [0.29, 0.717) is 17.4 Å². The van der Waals surface area contributed by atoms with E-state index in [9.17, 15) is 0 Å². The summed E-state index contributed by atoms with van der Waals surface area (Å²) in [5, 5.41) is 8.86. The summed E-state index contributed by atoms with van der Waals surface area (Å²) in [5.74, 6) is 2.77. The molecule has 2 unspecified atom stereocenters. The van der Waals surface area contributed by atoms with Crippen LogP contribution in [-0.2, 0) is 0 Å². The predicted molar refractivity (Wildman–Crippen MR) is 71.6 cm³/mol. The maximum absolute atomic E-state index is 8.86. The summed E-state index contributed by atoms with van der Waals surface area (Å²) in [6.07, 6.45) is 4.29. The molecule has 3 rings (SSSR count). The van der Waals surface area contributed by atoms with Crippen LogP contribution in [-0.4, -0.2) is 36.6 Å². The first-order chi connectivity index (χ1) is 9.26. The molecule has 0 N–H and O–H groups in total. The second-order valence-corrected chi connectivity index (χ2v) is 5.79. The topological polar surface area (TPSA) is 49.1 Å². The monoisotopic (exact) mass is 257 g/mol. The molecule has 1 aliphatic carbocycles. The van der Waals surface area contributed by atoms with Gasteiger partial charge < -0.3 is 9.64 Å². The second kappa shape index (κ2) is 5.18. The molecule has 1 aliphatic heterocycles. The fourth-order valence-corrected chi connectivity index (χ4v) is 3.58. The number of pyridine rings is 1. The number of ether oxygens (including phenoxy) is 1. The highest BCUT2D eigenvalue weighted by atomic mass is 16.5. The van der Waals surface area contributed by atoms with Gasteiger partial charge in [-0.2, -0.15) is 5.26 Å². The van der Waals surface area contributed by atoms with E-state index in [-0.39, 0.29) is 0 Å². The lowest BCUT2D eigenvalue weighted by Gasteiger charge is -2.35. The van der Waals surface area contributed by atoms with E-state index >= 15 is 0 Å². The molecule has 19 heavy (non-hydrogen) atoms. The van der Waals surface area contributed by atoms with Gasteiger partial charge in [0.25, 0.3) is 0 Å². The highest BCUT2D eigenvalue weighted by Crippen LogP contribution is 2.41. The van der Waals surface area contributed by atoms with Gasteiger partial charge in [-0.25, -0.2) is 4.98 Å². The number of nitriles is 1. The Labute approximate surface area is 114 Å². The zero-order chi connectivity index (χ0) is 13.2. The lowest BCUT2D eigenvalue weighted by molar-refractivity contribution is 0.0879. The molecule has 2 heterocycles. The second-order valence-electron chi connectivity index (χ2n) is 5.79. The fraction of sp³-hybridized carbons (Fsp3) is 0.600. The standard InChI is InChI=1S/C15H19N3O/c1-18-8-12-2-3-13(9-18)14(12)10-19-15-6-11(7-16)4-5-17-15/h4-6,12-14H,2-3,8-10H2,1H3. The van der Waals surface area contributed by atoms with Crippen LogP contribution < -0.4 is 4.74 Å². The summed E-state index contributed by atoms with van der Waals surface area (Å²) in [7, 11) is 2.21. The van der Waals surface area contributed by atoms with Crippen molar-refractivity contribution >= 4 is 0 Å². The average Bonchev–Trinajstić information content (AvgIpc) is 2.67. The molecule has 0 radical (unpaired) electrons. The van der Waals surface area contributed by atoms with Crippen LogP contribution in [0.15, 0.2) is 18.3 Å². The maximum atomic E-state index is 8.86. The van der Waals surface area contributed by atoms with Crippen molar-refractivity contribution in [3.63, 3.8) is 0 Å². The summed E-state index contributed by atoms with van der Waals surface area (Å²) in [6, 6.07) is 5.53. The molecule has 2 bridgehead atoms. The largest absolute Gasteiger partial charge is 0.477 e. The normalized spacial score (nSPS) is 30.0. The highest BCUT2D eigenvalue weighted by Gasteiger charge is 2.41. The van der Waals surface area contributed by atoms with Crippen LogP contribution in [0.2, 0.25) is 0 Å². The SMILES string of the molecule is CN1CC2CCC(C1)C2COc1cc(C#N)ccn1. The van der Waals surface area contributed by atoms with Crippen LogP contribution in [0.25, 0.3) is 0 Å². The molecule has 1 aromatic rings. The third kappa shape index (κ3) is 2.57.